The van der Waals surface area contributed by atoms with Gasteiger partial charge >= 0.3 is 0 Å². The summed E-state index contributed by atoms with van der Waals surface area (Å²) in [5.74, 6) is 0.756. The third-order valence-corrected chi connectivity index (χ3v) is 3.33. The van der Waals surface area contributed by atoms with Gasteiger partial charge in [0.05, 0.1) is 0 Å². The Bertz CT molecular complexity index is 412. The number of ether oxygens (including phenoxy) is 1. The van der Waals surface area contributed by atoms with Gasteiger partial charge in [-0.3, -0.25) is 4.79 Å². The Kier molecular flexibility index (Phi) is 4.80. The molecule has 1 aliphatic rings. The van der Waals surface area contributed by atoms with Crippen LogP contribution < -0.4 is 4.74 Å². The summed E-state index contributed by atoms with van der Waals surface area (Å²) in [6.45, 7) is 3.00. The van der Waals surface area contributed by atoms with Crippen LogP contribution in [0.3, 0.4) is 0 Å². The zero-order valence-corrected chi connectivity index (χ0v) is 11.3. The lowest BCUT2D eigenvalue weighted by Gasteiger charge is -2.20. The molecule has 2 rings (SSSR count). The van der Waals surface area contributed by atoms with E-state index < -0.39 is 0 Å². The molecule has 104 valence electrons. The Morgan fingerprint density at radius 2 is 2.05 bits per heavy atom. The second-order valence-electron chi connectivity index (χ2n) is 4.82. The van der Waals surface area contributed by atoms with E-state index in [9.17, 15) is 4.79 Å². The van der Waals surface area contributed by atoms with Gasteiger partial charge < -0.3 is 14.7 Å². The average Bonchev–Trinajstić information content (AvgIpc) is 3.24. The van der Waals surface area contributed by atoms with Crippen molar-refractivity contribution in [1.29, 1.82) is 0 Å². The smallest absolute Gasteiger partial charge is 0.260 e. The fraction of sp³-hybridized carbons (Fsp3) is 0.533. The van der Waals surface area contributed by atoms with E-state index in [1.165, 1.54) is 0 Å². The minimum atomic E-state index is 0.0597. The van der Waals surface area contributed by atoms with Gasteiger partial charge in [0.2, 0.25) is 0 Å². The first-order valence-corrected chi connectivity index (χ1v) is 6.86. The van der Waals surface area contributed by atoms with E-state index in [1.54, 1.807) is 0 Å². The lowest BCUT2D eigenvalue weighted by Crippen LogP contribution is -2.36. The Morgan fingerprint density at radius 1 is 1.37 bits per heavy atom. The van der Waals surface area contributed by atoms with Crippen molar-refractivity contribution in [3.8, 4) is 5.75 Å². The molecule has 4 nitrogen and oxygen atoms in total. The fourth-order valence-electron chi connectivity index (χ4n) is 2.13. The molecule has 1 saturated carbocycles. The van der Waals surface area contributed by atoms with Gasteiger partial charge in [0.15, 0.2) is 6.61 Å². The van der Waals surface area contributed by atoms with E-state index in [4.69, 9.17) is 9.84 Å². The summed E-state index contributed by atoms with van der Waals surface area (Å²) in [5, 5.41) is 8.83. The molecular formula is C15H21NO3. The van der Waals surface area contributed by atoms with E-state index in [0.29, 0.717) is 18.2 Å². The van der Waals surface area contributed by atoms with Crippen molar-refractivity contribution in [3.05, 3.63) is 29.8 Å². The van der Waals surface area contributed by atoms with Crippen LogP contribution in [-0.4, -0.2) is 41.7 Å². The maximum Gasteiger partial charge on any atom is 0.260 e. The first-order valence-electron chi connectivity index (χ1n) is 6.86. The molecular weight excluding hydrogens is 242 g/mol. The topological polar surface area (TPSA) is 49.8 Å². The standard InChI is InChI=1S/C15H21NO3/c1-2-16(13-5-6-13)15(18)11-19-14-7-3-12(4-8-14)9-10-17/h3-4,7-8,13,17H,2,5-6,9-11H2,1H3. The molecule has 4 heteroatoms. The van der Waals surface area contributed by atoms with Crippen LogP contribution in [0.25, 0.3) is 0 Å². The number of carbonyl (C=O) groups is 1. The highest BCUT2D eigenvalue weighted by Crippen LogP contribution is 2.26. The maximum absolute atomic E-state index is 12.0. The summed E-state index contributed by atoms with van der Waals surface area (Å²) in [6.07, 6.45) is 2.88. The van der Waals surface area contributed by atoms with Gasteiger partial charge in [0, 0.05) is 19.2 Å². The quantitative estimate of drug-likeness (QED) is 0.813. The lowest BCUT2D eigenvalue weighted by atomic mass is 10.1. The Morgan fingerprint density at radius 3 is 2.58 bits per heavy atom. The molecule has 1 aliphatic carbocycles. The van der Waals surface area contributed by atoms with E-state index in [1.807, 2.05) is 36.1 Å². The van der Waals surface area contributed by atoms with Crippen molar-refractivity contribution in [2.24, 2.45) is 0 Å². The monoisotopic (exact) mass is 263 g/mol. The molecule has 1 N–H and O–H groups in total. The van der Waals surface area contributed by atoms with Crippen molar-refractivity contribution in [1.82, 2.24) is 4.90 Å². The van der Waals surface area contributed by atoms with Crippen LogP contribution in [0.4, 0.5) is 0 Å². The molecule has 1 aromatic carbocycles. The van der Waals surface area contributed by atoms with Crippen molar-refractivity contribution in [2.45, 2.75) is 32.2 Å². The summed E-state index contributed by atoms with van der Waals surface area (Å²) in [4.78, 5) is 13.9. The summed E-state index contributed by atoms with van der Waals surface area (Å²) >= 11 is 0. The molecule has 19 heavy (non-hydrogen) atoms. The normalized spacial score (nSPS) is 14.2. The van der Waals surface area contributed by atoms with Crippen LogP contribution >= 0.6 is 0 Å². The van der Waals surface area contributed by atoms with Crippen LogP contribution in [0.2, 0.25) is 0 Å². The highest BCUT2D eigenvalue weighted by Gasteiger charge is 2.31. The number of likely N-dealkylation sites (N-methyl/N-ethyl adjacent to an activating group) is 1. The Labute approximate surface area is 114 Å². The fourth-order valence-corrected chi connectivity index (χ4v) is 2.13. The third kappa shape index (κ3) is 3.96. The lowest BCUT2D eigenvalue weighted by molar-refractivity contribution is -0.133. The van der Waals surface area contributed by atoms with Gasteiger partial charge in [-0.1, -0.05) is 12.1 Å². The number of hydrogen-bond donors (Lipinski definition) is 1. The molecule has 0 heterocycles. The van der Waals surface area contributed by atoms with Gasteiger partial charge in [-0.15, -0.1) is 0 Å². The molecule has 1 amide bonds. The van der Waals surface area contributed by atoms with Crippen LogP contribution in [-0.2, 0) is 11.2 Å². The van der Waals surface area contributed by atoms with E-state index in [0.717, 1.165) is 24.9 Å². The highest BCUT2D eigenvalue weighted by atomic mass is 16.5. The number of rotatable bonds is 7. The Balaban J connectivity index is 1.82. The first kappa shape index (κ1) is 13.9. The molecule has 1 aromatic rings. The van der Waals surface area contributed by atoms with Gasteiger partial charge in [-0.25, -0.2) is 0 Å². The summed E-state index contributed by atoms with van der Waals surface area (Å²) in [6, 6.07) is 7.94. The summed E-state index contributed by atoms with van der Waals surface area (Å²) in [5.41, 5.74) is 1.06. The average molecular weight is 263 g/mol. The number of benzene rings is 1. The Hall–Kier alpha value is -1.55. The minimum Gasteiger partial charge on any atom is -0.484 e. The number of carbonyl (C=O) groups excluding carboxylic acids is 1. The molecule has 0 unspecified atom stereocenters. The summed E-state index contributed by atoms with van der Waals surface area (Å²) < 4.78 is 5.51. The number of nitrogens with zero attached hydrogens (tertiary/aromatic N) is 1. The zero-order chi connectivity index (χ0) is 13.7. The van der Waals surface area contributed by atoms with Crippen molar-refractivity contribution < 1.29 is 14.6 Å². The number of aliphatic hydroxyl groups excluding tert-OH is 1. The number of hydrogen-bond acceptors (Lipinski definition) is 3. The van der Waals surface area contributed by atoms with E-state index in [2.05, 4.69) is 0 Å². The molecule has 0 bridgehead atoms. The molecule has 0 atom stereocenters. The minimum absolute atomic E-state index is 0.0597. The van der Waals surface area contributed by atoms with Crippen molar-refractivity contribution in [2.75, 3.05) is 19.8 Å². The predicted octanol–water partition coefficient (Wildman–Crippen LogP) is 1.61. The van der Waals surface area contributed by atoms with Crippen LogP contribution in [0.5, 0.6) is 5.75 Å². The molecule has 0 aromatic heterocycles. The second kappa shape index (κ2) is 6.57. The summed E-state index contributed by atoms with van der Waals surface area (Å²) in [7, 11) is 0. The SMILES string of the molecule is CCN(C(=O)COc1ccc(CCO)cc1)C1CC1. The third-order valence-electron chi connectivity index (χ3n) is 3.33. The zero-order valence-electron chi connectivity index (χ0n) is 11.3. The van der Waals surface area contributed by atoms with Crippen molar-refractivity contribution in [3.63, 3.8) is 0 Å². The molecule has 0 saturated heterocycles. The number of aliphatic hydroxyl groups is 1. The molecule has 1 fully saturated rings. The van der Waals surface area contributed by atoms with Gasteiger partial charge in [0.25, 0.3) is 5.91 Å². The van der Waals surface area contributed by atoms with Crippen LogP contribution in [0, 0.1) is 0 Å². The largest absolute Gasteiger partial charge is 0.484 e. The molecule has 0 aliphatic heterocycles. The number of amides is 1. The highest BCUT2D eigenvalue weighted by molar-refractivity contribution is 5.78. The van der Waals surface area contributed by atoms with Crippen molar-refractivity contribution >= 4 is 5.91 Å². The van der Waals surface area contributed by atoms with Crippen LogP contribution in [0.15, 0.2) is 24.3 Å². The van der Waals surface area contributed by atoms with E-state index >= 15 is 0 Å². The van der Waals surface area contributed by atoms with Gasteiger partial charge in [-0.2, -0.15) is 0 Å². The van der Waals surface area contributed by atoms with Gasteiger partial charge in [0.1, 0.15) is 5.75 Å². The molecule has 0 spiro atoms. The molecule has 0 radical (unpaired) electrons. The first-order chi connectivity index (χ1) is 9.24. The van der Waals surface area contributed by atoms with Gasteiger partial charge in [-0.05, 0) is 43.9 Å². The van der Waals surface area contributed by atoms with E-state index in [-0.39, 0.29) is 19.1 Å². The second-order valence-corrected chi connectivity index (χ2v) is 4.82. The van der Waals surface area contributed by atoms with Crippen LogP contribution in [0.1, 0.15) is 25.3 Å². The predicted molar refractivity (Wildman–Crippen MR) is 73.1 cm³/mol. The maximum atomic E-state index is 12.0.